The maximum absolute atomic E-state index is 11.9. The molecule has 4 rings (SSSR count). The first-order chi connectivity index (χ1) is 11.8. The van der Waals surface area contributed by atoms with Crippen molar-refractivity contribution >= 4 is 25.8 Å². The highest BCUT2D eigenvalue weighted by Gasteiger charge is 2.24. The summed E-state index contributed by atoms with van der Waals surface area (Å²) in [6.07, 6.45) is 2.85. The van der Waals surface area contributed by atoms with Crippen LogP contribution in [0, 0.1) is 6.92 Å². The largest absolute Gasteiger partial charge is 0.296 e. The normalized spacial score (nSPS) is 13.4. The minimum Gasteiger partial charge on any atom is -0.296 e. The van der Waals surface area contributed by atoms with E-state index >= 15 is 0 Å². The van der Waals surface area contributed by atoms with Crippen molar-refractivity contribution < 1.29 is 8.42 Å². The molecule has 0 fully saturated rings. The van der Waals surface area contributed by atoms with E-state index in [-0.39, 0.29) is 0 Å². The Balaban J connectivity index is 1.96. The Labute approximate surface area is 155 Å². The number of fused-ring (bicyclic) bond motifs is 3. The monoisotopic (exact) mass is 416 g/mol. The van der Waals surface area contributed by atoms with Gasteiger partial charge in [-0.2, -0.15) is 0 Å². The van der Waals surface area contributed by atoms with Crippen LogP contribution in [-0.4, -0.2) is 24.2 Å². The third-order valence-corrected chi connectivity index (χ3v) is 6.16. The van der Waals surface area contributed by atoms with Crippen molar-refractivity contribution in [1.29, 1.82) is 0 Å². The molecule has 0 saturated heterocycles. The second-order valence-corrected chi connectivity index (χ2v) is 9.30. The molecule has 0 spiro atoms. The van der Waals surface area contributed by atoms with Crippen LogP contribution >= 0.6 is 15.9 Å². The fourth-order valence-electron chi connectivity index (χ4n) is 3.45. The molecular formula is C19H17BrN2O2S. The van der Waals surface area contributed by atoms with Crippen molar-refractivity contribution in [2.75, 3.05) is 6.26 Å². The number of aromatic nitrogens is 2. The summed E-state index contributed by atoms with van der Waals surface area (Å²) in [7, 11) is -3.21. The average molecular weight is 417 g/mol. The zero-order valence-corrected chi connectivity index (χ0v) is 16.4. The molecule has 0 N–H and O–H groups in total. The molecule has 3 aromatic rings. The van der Waals surface area contributed by atoms with Gasteiger partial charge in [0.15, 0.2) is 9.84 Å². The molecule has 0 amide bonds. The van der Waals surface area contributed by atoms with Crippen LogP contribution in [0.3, 0.4) is 0 Å². The fourth-order valence-corrected chi connectivity index (χ4v) is 4.52. The van der Waals surface area contributed by atoms with Gasteiger partial charge in [0.25, 0.3) is 0 Å². The van der Waals surface area contributed by atoms with Gasteiger partial charge < -0.3 is 0 Å². The van der Waals surface area contributed by atoms with Crippen LogP contribution in [0.1, 0.15) is 17.1 Å². The average Bonchev–Trinajstić information content (AvgIpc) is 2.89. The van der Waals surface area contributed by atoms with Gasteiger partial charge in [-0.05, 0) is 49.2 Å². The van der Waals surface area contributed by atoms with Crippen molar-refractivity contribution in [3.63, 3.8) is 0 Å². The molecule has 25 heavy (non-hydrogen) atoms. The lowest BCUT2D eigenvalue weighted by Crippen LogP contribution is -2.14. The minimum absolute atomic E-state index is 0.371. The van der Waals surface area contributed by atoms with Gasteiger partial charge in [-0.1, -0.05) is 28.1 Å². The smallest absolute Gasteiger partial charge is 0.175 e. The maximum Gasteiger partial charge on any atom is 0.175 e. The molecule has 0 atom stereocenters. The molecule has 128 valence electrons. The molecule has 2 heterocycles. The second kappa shape index (κ2) is 5.81. The van der Waals surface area contributed by atoms with Crippen LogP contribution in [-0.2, 0) is 22.7 Å². The number of sulfone groups is 1. The third kappa shape index (κ3) is 2.83. The zero-order valence-electron chi connectivity index (χ0n) is 14.0. The predicted octanol–water partition coefficient (Wildman–Crippen LogP) is 4.11. The van der Waals surface area contributed by atoms with Gasteiger partial charge in [-0.25, -0.2) is 13.4 Å². The van der Waals surface area contributed by atoms with Gasteiger partial charge in [0.2, 0.25) is 0 Å². The van der Waals surface area contributed by atoms with E-state index in [0.29, 0.717) is 4.90 Å². The molecule has 0 unspecified atom stereocenters. The SMILES string of the molecule is Cc1nc2n(c1-c1cccc(Br)c1)-c1ccc(S(C)(=O)=O)cc1CC2. The van der Waals surface area contributed by atoms with Gasteiger partial charge in [0.05, 0.1) is 22.0 Å². The number of halogens is 1. The lowest BCUT2D eigenvalue weighted by molar-refractivity contribution is 0.601. The van der Waals surface area contributed by atoms with E-state index in [4.69, 9.17) is 4.98 Å². The predicted molar refractivity (Wildman–Crippen MR) is 102 cm³/mol. The summed E-state index contributed by atoms with van der Waals surface area (Å²) in [4.78, 5) is 5.13. The number of hydrogen-bond acceptors (Lipinski definition) is 3. The minimum atomic E-state index is -3.21. The standard InChI is InChI=1S/C19H17BrN2O2S/c1-12-19(14-4-3-5-15(20)10-14)22-17-8-7-16(25(2,23)24)11-13(17)6-9-18(22)21-12/h3-5,7-8,10-11H,6,9H2,1-2H3. The van der Waals surface area contributed by atoms with E-state index < -0.39 is 9.84 Å². The maximum atomic E-state index is 11.9. The van der Waals surface area contributed by atoms with E-state index in [2.05, 4.69) is 32.6 Å². The number of rotatable bonds is 2. The quantitative estimate of drug-likeness (QED) is 0.631. The van der Waals surface area contributed by atoms with Crippen LogP contribution in [0.15, 0.2) is 51.8 Å². The number of benzene rings is 2. The fraction of sp³-hybridized carbons (Fsp3) is 0.211. The van der Waals surface area contributed by atoms with Gasteiger partial charge in [0, 0.05) is 22.7 Å². The first-order valence-electron chi connectivity index (χ1n) is 8.02. The summed E-state index contributed by atoms with van der Waals surface area (Å²) in [5.41, 5.74) is 5.19. The Morgan fingerprint density at radius 1 is 1.12 bits per heavy atom. The molecule has 1 aromatic heterocycles. The number of aryl methyl sites for hydroxylation is 3. The van der Waals surface area contributed by atoms with E-state index in [1.54, 1.807) is 12.1 Å². The lowest BCUT2D eigenvalue weighted by atomic mass is 10.0. The van der Waals surface area contributed by atoms with Crippen molar-refractivity contribution in [1.82, 2.24) is 9.55 Å². The summed E-state index contributed by atoms with van der Waals surface area (Å²) >= 11 is 3.54. The van der Waals surface area contributed by atoms with E-state index in [9.17, 15) is 8.42 Å². The second-order valence-electron chi connectivity index (χ2n) is 6.37. The molecule has 0 saturated carbocycles. The van der Waals surface area contributed by atoms with Gasteiger partial charge in [0.1, 0.15) is 5.82 Å². The van der Waals surface area contributed by atoms with Crippen molar-refractivity contribution in [2.45, 2.75) is 24.7 Å². The number of hydrogen-bond donors (Lipinski definition) is 0. The van der Waals surface area contributed by atoms with Gasteiger partial charge >= 0.3 is 0 Å². The van der Waals surface area contributed by atoms with Crippen LogP contribution < -0.4 is 0 Å². The lowest BCUT2D eigenvalue weighted by Gasteiger charge is -2.21. The highest BCUT2D eigenvalue weighted by atomic mass is 79.9. The number of imidazole rings is 1. The molecule has 0 radical (unpaired) electrons. The van der Waals surface area contributed by atoms with Crippen LogP contribution in [0.2, 0.25) is 0 Å². The van der Waals surface area contributed by atoms with E-state index in [1.807, 2.05) is 25.1 Å². The molecule has 1 aliphatic heterocycles. The summed E-state index contributed by atoms with van der Waals surface area (Å²) in [5, 5.41) is 0. The van der Waals surface area contributed by atoms with E-state index in [0.717, 1.165) is 51.3 Å². The molecule has 4 nitrogen and oxygen atoms in total. The topological polar surface area (TPSA) is 52.0 Å². The Bertz CT molecular complexity index is 1100. The Morgan fingerprint density at radius 3 is 2.64 bits per heavy atom. The summed E-state index contributed by atoms with van der Waals surface area (Å²) in [6, 6.07) is 13.5. The molecule has 6 heteroatoms. The number of nitrogens with zero attached hydrogens (tertiary/aromatic N) is 2. The van der Waals surface area contributed by atoms with E-state index in [1.165, 1.54) is 6.26 Å². The highest BCUT2D eigenvalue weighted by Crippen LogP contribution is 2.35. The molecule has 0 aliphatic carbocycles. The first-order valence-corrected chi connectivity index (χ1v) is 10.7. The summed E-state index contributed by atoms with van der Waals surface area (Å²) in [6.45, 7) is 2.02. The van der Waals surface area contributed by atoms with Crippen molar-refractivity contribution in [3.8, 4) is 16.9 Å². The Morgan fingerprint density at radius 2 is 1.92 bits per heavy atom. The van der Waals surface area contributed by atoms with Gasteiger partial charge in [-0.3, -0.25) is 4.57 Å². The molecule has 2 aromatic carbocycles. The molecule has 1 aliphatic rings. The van der Waals surface area contributed by atoms with Crippen molar-refractivity contribution in [3.05, 3.63) is 64.0 Å². The van der Waals surface area contributed by atoms with Crippen LogP contribution in [0.4, 0.5) is 0 Å². The van der Waals surface area contributed by atoms with Crippen LogP contribution in [0.25, 0.3) is 16.9 Å². The summed E-state index contributed by atoms with van der Waals surface area (Å²) < 4.78 is 26.9. The van der Waals surface area contributed by atoms with Crippen molar-refractivity contribution in [2.24, 2.45) is 0 Å². The van der Waals surface area contributed by atoms with Gasteiger partial charge in [-0.15, -0.1) is 0 Å². The highest BCUT2D eigenvalue weighted by molar-refractivity contribution is 9.10. The Hall–Kier alpha value is -1.92. The molecule has 0 bridgehead atoms. The third-order valence-electron chi connectivity index (χ3n) is 4.56. The van der Waals surface area contributed by atoms with Crippen LogP contribution in [0.5, 0.6) is 0 Å². The first kappa shape index (κ1) is 16.5. The summed E-state index contributed by atoms with van der Waals surface area (Å²) in [5.74, 6) is 1.02. The zero-order chi connectivity index (χ0) is 17.8. The Kier molecular flexibility index (Phi) is 3.85. The molecular weight excluding hydrogens is 400 g/mol.